The lowest BCUT2D eigenvalue weighted by Crippen LogP contribution is -2.30. The summed E-state index contributed by atoms with van der Waals surface area (Å²) in [7, 11) is 1.65. The van der Waals surface area contributed by atoms with Crippen molar-refractivity contribution in [1.82, 2.24) is 5.32 Å². The van der Waals surface area contributed by atoms with Gasteiger partial charge in [-0.25, -0.2) is 0 Å². The Morgan fingerprint density at radius 1 is 1.35 bits per heavy atom. The molecular formula is C20H25NO2. The highest BCUT2D eigenvalue weighted by Crippen LogP contribution is 2.22. The molecule has 0 saturated carbocycles. The predicted molar refractivity (Wildman–Crippen MR) is 95.7 cm³/mol. The number of amides is 1. The first-order chi connectivity index (χ1) is 11.1. The summed E-state index contributed by atoms with van der Waals surface area (Å²) in [4.78, 5) is 12.1. The Bertz CT molecular complexity index is 639. The van der Waals surface area contributed by atoms with Crippen LogP contribution in [0.15, 0.2) is 48.1 Å². The molecule has 1 aliphatic rings. The zero-order valence-corrected chi connectivity index (χ0v) is 14.1. The van der Waals surface area contributed by atoms with Gasteiger partial charge >= 0.3 is 0 Å². The van der Waals surface area contributed by atoms with E-state index < -0.39 is 0 Å². The lowest BCUT2D eigenvalue weighted by Gasteiger charge is -2.11. The van der Waals surface area contributed by atoms with E-state index in [-0.39, 0.29) is 11.9 Å². The molecule has 1 aromatic rings. The number of carbonyl (C=O) groups excluding carboxylic acids is 1. The maximum absolute atomic E-state index is 12.1. The molecule has 1 N–H and O–H groups in total. The molecule has 23 heavy (non-hydrogen) atoms. The zero-order chi connectivity index (χ0) is 16.7. The molecule has 0 bridgehead atoms. The van der Waals surface area contributed by atoms with E-state index in [0.717, 1.165) is 30.6 Å². The van der Waals surface area contributed by atoms with Gasteiger partial charge in [-0.3, -0.25) is 4.79 Å². The average Bonchev–Trinajstić information content (AvgIpc) is 2.55. The Labute approximate surface area is 138 Å². The van der Waals surface area contributed by atoms with Gasteiger partial charge in [0.15, 0.2) is 0 Å². The van der Waals surface area contributed by atoms with Gasteiger partial charge in [-0.2, -0.15) is 0 Å². The molecule has 1 aromatic carbocycles. The van der Waals surface area contributed by atoms with E-state index in [1.807, 2.05) is 32.1 Å². The molecule has 122 valence electrons. The van der Waals surface area contributed by atoms with E-state index in [0.29, 0.717) is 5.56 Å². The molecule has 0 radical (unpaired) electrons. The number of nitrogens with one attached hydrogen (secondary N) is 1. The highest BCUT2D eigenvalue weighted by molar-refractivity contribution is 5.95. The monoisotopic (exact) mass is 311 g/mol. The molecule has 0 atom stereocenters. The molecule has 1 amide bonds. The van der Waals surface area contributed by atoms with Crippen LogP contribution in [0.25, 0.3) is 6.08 Å². The van der Waals surface area contributed by atoms with Crippen LogP contribution in [0.2, 0.25) is 0 Å². The third-order valence-corrected chi connectivity index (χ3v) is 3.63. The molecule has 0 fully saturated rings. The number of carbonyl (C=O) groups is 1. The van der Waals surface area contributed by atoms with Crippen LogP contribution in [0, 0.1) is 0 Å². The summed E-state index contributed by atoms with van der Waals surface area (Å²) in [6.45, 7) is 3.90. The van der Waals surface area contributed by atoms with Gasteiger partial charge in [-0.15, -0.1) is 0 Å². The molecule has 0 spiro atoms. The first kappa shape index (κ1) is 17.1. The van der Waals surface area contributed by atoms with Gasteiger partial charge in [0.25, 0.3) is 5.91 Å². The number of rotatable bonds is 6. The fourth-order valence-corrected chi connectivity index (χ4v) is 2.49. The Morgan fingerprint density at radius 2 is 2.17 bits per heavy atom. The molecule has 2 rings (SSSR count). The minimum absolute atomic E-state index is 0.0600. The van der Waals surface area contributed by atoms with Crippen molar-refractivity contribution in [1.29, 1.82) is 0 Å². The van der Waals surface area contributed by atoms with Crippen LogP contribution in [0.1, 0.15) is 49.0 Å². The van der Waals surface area contributed by atoms with Crippen LogP contribution < -0.4 is 10.1 Å². The molecule has 0 aromatic heterocycles. The highest BCUT2D eigenvalue weighted by atomic mass is 16.5. The number of methoxy groups -OCH3 is 1. The van der Waals surface area contributed by atoms with E-state index in [1.165, 1.54) is 5.57 Å². The number of allylic oxidation sites excluding steroid dienone is 5. The number of ether oxygens (including phenoxy) is 1. The maximum Gasteiger partial charge on any atom is 0.251 e. The third-order valence-electron chi connectivity index (χ3n) is 3.63. The first-order valence-electron chi connectivity index (χ1n) is 8.11. The third kappa shape index (κ3) is 5.13. The van der Waals surface area contributed by atoms with Crippen molar-refractivity contribution in [3.05, 3.63) is 59.2 Å². The average molecular weight is 311 g/mol. The molecule has 0 heterocycles. The summed E-state index contributed by atoms with van der Waals surface area (Å²) >= 11 is 0. The fourth-order valence-electron chi connectivity index (χ4n) is 2.49. The molecule has 0 aliphatic heterocycles. The fraction of sp³-hybridized carbons (Fsp3) is 0.350. The van der Waals surface area contributed by atoms with E-state index in [9.17, 15) is 4.79 Å². The number of hydrogen-bond acceptors (Lipinski definition) is 2. The molecular weight excluding hydrogens is 286 g/mol. The van der Waals surface area contributed by atoms with Crippen LogP contribution in [0.3, 0.4) is 0 Å². The smallest absolute Gasteiger partial charge is 0.251 e. The number of hydrogen-bond donors (Lipinski definition) is 1. The molecule has 1 aliphatic carbocycles. The quantitative estimate of drug-likeness (QED) is 0.839. The summed E-state index contributed by atoms with van der Waals surface area (Å²) in [5, 5.41) is 2.91. The molecule has 3 nitrogen and oxygen atoms in total. The van der Waals surface area contributed by atoms with Gasteiger partial charge in [0.2, 0.25) is 0 Å². The van der Waals surface area contributed by atoms with Gasteiger partial charge in [0.05, 0.1) is 7.11 Å². The van der Waals surface area contributed by atoms with Crippen LogP contribution in [-0.2, 0) is 0 Å². The number of benzene rings is 1. The molecule has 3 heteroatoms. The van der Waals surface area contributed by atoms with Crippen molar-refractivity contribution < 1.29 is 9.53 Å². The minimum Gasteiger partial charge on any atom is -0.496 e. The Morgan fingerprint density at radius 3 is 2.83 bits per heavy atom. The lowest BCUT2D eigenvalue weighted by molar-refractivity contribution is 0.0943. The normalized spacial score (nSPS) is 14.2. The van der Waals surface area contributed by atoms with Crippen molar-refractivity contribution in [3.63, 3.8) is 0 Å². The van der Waals surface area contributed by atoms with Crippen LogP contribution >= 0.6 is 0 Å². The zero-order valence-electron chi connectivity index (χ0n) is 14.1. The summed E-state index contributed by atoms with van der Waals surface area (Å²) < 4.78 is 5.39. The van der Waals surface area contributed by atoms with Gasteiger partial charge in [-0.05, 0) is 56.9 Å². The van der Waals surface area contributed by atoms with Gasteiger partial charge in [-0.1, -0.05) is 30.4 Å². The van der Waals surface area contributed by atoms with Gasteiger partial charge < -0.3 is 10.1 Å². The Kier molecular flexibility index (Phi) is 6.21. The standard InChI is InChI=1S/C20H25NO2/c1-15(2)21-20(22)18-12-13-19(23-3)17(14-18)11-7-10-16-8-5-4-6-9-16/h5,7-9,11-15H,4,6,10H2,1-3H3,(H,21,22)/b11-7+. The maximum atomic E-state index is 12.1. The van der Waals surface area contributed by atoms with Crippen molar-refractivity contribution >= 4 is 12.0 Å². The van der Waals surface area contributed by atoms with Crippen molar-refractivity contribution in [2.24, 2.45) is 0 Å². The van der Waals surface area contributed by atoms with E-state index in [4.69, 9.17) is 4.74 Å². The summed E-state index contributed by atoms with van der Waals surface area (Å²) in [6.07, 6.45) is 13.9. The topological polar surface area (TPSA) is 38.3 Å². The summed E-state index contributed by atoms with van der Waals surface area (Å²) in [5.41, 5.74) is 2.90. The second-order valence-electron chi connectivity index (χ2n) is 5.95. The van der Waals surface area contributed by atoms with Crippen molar-refractivity contribution in [2.75, 3.05) is 7.11 Å². The molecule has 0 unspecified atom stereocenters. The summed E-state index contributed by atoms with van der Waals surface area (Å²) in [6, 6.07) is 5.63. The van der Waals surface area contributed by atoms with Gasteiger partial charge in [0, 0.05) is 17.2 Å². The van der Waals surface area contributed by atoms with Crippen molar-refractivity contribution in [2.45, 2.75) is 39.2 Å². The second kappa shape index (κ2) is 8.37. The van der Waals surface area contributed by atoms with E-state index in [2.05, 4.69) is 29.6 Å². The molecule has 0 saturated heterocycles. The van der Waals surface area contributed by atoms with Crippen LogP contribution in [0.5, 0.6) is 5.75 Å². The first-order valence-corrected chi connectivity index (χ1v) is 8.11. The Hall–Kier alpha value is -2.29. The predicted octanol–water partition coefficient (Wildman–Crippen LogP) is 4.51. The Balaban J connectivity index is 2.13. The van der Waals surface area contributed by atoms with Gasteiger partial charge in [0.1, 0.15) is 5.75 Å². The van der Waals surface area contributed by atoms with Crippen LogP contribution in [0.4, 0.5) is 0 Å². The highest BCUT2D eigenvalue weighted by Gasteiger charge is 2.09. The second-order valence-corrected chi connectivity index (χ2v) is 5.95. The lowest BCUT2D eigenvalue weighted by atomic mass is 10.0. The summed E-state index contributed by atoms with van der Waals surface area (Å²) in [5.74, 6) is 0.714. The van der Waals surface area contributed by atoms with E-state index in [1.54, 1.807) is 13.2 Å². The van der Waals surface area contributed by atoms with Crippen molar-refractivity contribution in [3.8, 4) is 5.75 Å². The largest absolute Gasteiger partial charge is 0.496 e. The minimum atomic E-state index is -0.0600. The SMILES string of the molecule is COc1ccc(C(=O)NC(C)C)cc1/C=C/CC1=CCCC=C1. The van der Waals surface area contributed by atoms with Crippen LogP contribution in [-0.4, -0.2) is 19.1 Å². The van der Waals surface area contributed by atoms with E-state index >= 15 is 0 Å².